The van der Waals surface area contributed by atoms with Crippen LogP contribution in [0.25, 0.3) is 0 Å². The van der Waals surface area contributed by atoms with Gasteiger partial charge in [-0.1, -0.05) is 0 Å². The van der Waals surface area contributed by atoms with Gasteiger partial charge in [0.25, 0.3) is 0 Å². The molecule has 1 aliphatic rings. The predicted octanol–water partition coefficient (Wildman–Crippen LogP) is 1.83. The first-order valence-electron chi connectivity index (χ1n) is 6.68. The number of hydrogen-bond donors (Lipinski definition) is 1. The molecule has 1 aromatic rings. The molecule has 106 valence electrons. The average molecular weight is 264 g/mol. The monoisotopic (exact) mass is 264 g/mol. The zero-order valence-corrected chi connectivity index (χ0v) is 12.5. The molecule has 0 aliphatic carbocycles. The van der Waals surface area contributed by atoms with Crippen molar-refractivity contribution < 1.29 is 9.47 Å². The Kier molecular flexibility index (Phi) is 4.32. The Morgan fingerprint density at radius 1 is 1.21 bits per heavy atom. The smallest absolute Gasteiger partial charge is 0.127 e. The molecule has 0 radical (unpaired) electrons. The summed E-state index contributed by atoms with van der Waals surface area (Å²) in [5, 5.41) is 3.35. The van der Waals surface area contributed by atoms with Crippen LogP contribution in [0.4, 0.5) is 0 Å². The van der Waals surface area contributed by atoms with E-state index in [-0.39, 0.29) is 0 Å². The summed E-state index contributed by atoms with van der Waals surface area (Å²) in [6, 6.07) is 4.44. The van der Waals surface area contributed by atoms with Crippen LogP contribution in [0.3, 0.4) is 0 Å². The van der Waals surface area contributed by atoms with Crippen LogP contribution >= 0.6 is 0 Å². The van der Waals surface area contributed by atoms with E-state index in [9.17, 15) is 0 Å². The predicted molar refractivity (Wildman–Crippen MR) is 77.1 cm³/mol. The Labute approximate surface area is 115 Å². The molecule has 1 saturated heterocycles. The first kappa shape index (κ1) is 14.2. The molecular formula is C15H24N2O2. The van der Waals surface area contributed by atoms with Gasteiger partial charge in [0.2, 0.25) is 0 Å². The van der Waals surface area contributed by atoms with Crippen LogP contribution in [-0.2, 0) is 0 Å². The summed E-state index contributed by atoms with van der Waals surface area (Å²) < 4.78 is 10.9. The molecule has 0 spiro atoms. The molecule has 0 amide bonds. The van der Waals surface area contributed by atoms with E-state index in [1.54, 1.807) is 14.2 Å². The molecule has 0 bridgehead atoms. The number of nitrogens with zero attached hydrogens (tertiary/aromatic N) is 1. The molecule has 1 fully saturated rings. The Morgan fingerprint density at radius 2 is 1.89 bits per heavy atom. The van der Waals surface area contributed by atoms with E-state index >= 15 is 0 Å². The highest BCUT2D eigenvalue weighted by atomic mass is 16.5. The van der Waals surface area contributed by atoms with Crippen molar-refractivity contribution in [3.8, 4) is 11.5 Å². The van der Waals surface area contributed by atoms with Gasteiger partial charge in [0.1, 0.15) is 11.5 Å². The first-order chi connectivity index (χ1) is 9.08. The summed E-state index contributed by atoms with van der Waals surface area (Å²) in [6.07, 6.45) is 0. The van der Waals surface area contributed by atoms with Crippen LogP contribution in [-0.4, -0.2) is 46.3 Å². The van der Waals surface area contributed by atoms with Crippen LogP contribution < -0.4 is 14.8 Å². The largest absolute Gasteiger partial charge is 0.497 e. The van der Waals surface area contributed by atoms with Crippen molar-refractivity contribution in [1.82, 2.24) is 10.2 Å². The van der Waals surface area contributed by atoms with Gasteiger partial charge in [0.15, 0.2) is 0 Å². The molecule has 2 rings (SSSR count). The van der Waals surface area contributed by atoms with E-state index in [1.807, 2.05) is 6.07 Å². The highest BCUT2D eigenvalue weighted by molar-refractivity contribution is 5.48. The summed E-state index contributed by atoms with van der Waals surface area (Å²) >= 11 is 0. The van der Waals surface area contributed by atoms with E-state index in [4.69, 9.17) is 9.47 Å². The second kappa shape index (κ2) is 5.80. The summed E-state index contributed by atoms with van der Waals surface area (Å²) in [5.74, 6) is 2.40. The van der Waals surface area contributed by atoms with Gasteiger partial charge in [-0.05, 0) is 32.6 Å². The third-order valence-electron chi connectivity index (χ3n) is 3.89. The van der Waals surface area contributed by atoms with Crippen molar-refractivity contribution in [1.29, 1.82) is 0 Å². The minimum atomic E-state index is 0.377. The lowest BCUT2D eigenvalue weighted by molar-refractivity contribution is 0.157. The van der Waals surface area contributed by atoms with Crippen LogP contribution in [0.1, 0.15) is 17.2 Å². The second-order valence-electron chi connectivity index (χ2n) is 5.39. The highest BCUT2D eigenvalue weighted by Crippen LogP contribution is 2.39. The third-order valence-corrected chi connectivity index (χ3v) is 3.89. The molecule has 0 aromatic heterocycles. The summed E-state index contributed by atoms with van der Waals surface area (Å²) in [5.41, 5.74) is 2.50. The topological polar surface area (TPSA) is 33.7 Å². The molecule has 1 N–H and O–H groups in total. The number of aryl methyl sites for hydroxylation is 1. The number of hydrogen-bond acceptors (Lipinski definition) is 4. The second-order valence-corrected chi connectivity index (χ2v) is 5.39. The van der Waals surface area contributed by atoms with E-state index in [0.717, 1.165) is 24.6 Å². The van der Waals surface area contributed by atoms with Gasteiger partial charge in [-0.25, -0.2) is 0 Å². The lowest BCUT2D eigenvalue weighted by Crippen LogP contribution is -2.48. The fourth-order valence-corrected chi connectivity index (χ4v) is 2.85. The Hall–Kier alpha value is -1.26. The molecule has 0 saturated carbocycles. The summed E-state index contributed by atoms with van der Waals surface area (Å²) in [6.45, 7) is 4.26. The summed E-state index contributed by atoms with van der Waals surface area (Å²) in [7, 11) is 7.68. The van der Waals surface area contributed by atoms with Gasteiger partial charge in [-0.2, -0.15) is 0 Å². The fraction of sp³-hybridized carbons (Fsp3) is 0.600. The van der Waals surface area contributed by atoms with Crippen LogP contribution in [0.5, 0.6) is 11.5 Å². The molecule has 4 heteroatoms. The standard InChI is InChI=1S/C15H24N2O2/c1-10-6-12(18-4)7-13(19-5)14(10)15(17(2)3)11-8-16-9-11/h6-7,11,15-16H,8-9H2,1-5H3. The van der Waals surface area contributed by atoms with Crippen molar-refractivity contribution in [3.05, 3.63) is 23.3 Å². The van der Waals surface area contributed by atoms with Crippen LogP contribution in [0, 0.1) is 12.8 Å². The molecule has 1 unspecified atom stereocenters. The highest BCUT2D eigenvalue weighted by Gasteiger charge is 2.33. The van der Waals surface area contributed by atoms with Gasteiger partial charge in [-0.3, -0.25) is 0 Å². The molecule has 1 heterocycles. The lowest BCUT2D eigenvalue weighted by atomic mass is 9.85. The van der Waals surface area contributed by atoms with Gasteiger partial charge < -0.3 is 19.7 Å². The van der Waals surface area contributed by atoms with E-state index < -0.39 is 0 Å². The Balaban J connectivity index is 2.45. The fourth-order valence-electron chi connectivity index (χ4n) is 2.85. The maximum Gasteiger partial charge on any atom is 0.127 e. The average Bonchev–Trinajstić information content (AvgIpc) is 2.32. The zero-order valence-electron chi connectivity index (χ0n) is 12.5. The lowest BCUT2D eigenvalue weighted by Gasteiger charge is -2.40. The SMILES string of the molecule is COc1cc(C)c(C(C2CNC2)N(C)C)c(OC)c1. The molecule has 1 atom stereocenters. The normalized spacial score (nSPS) is 17.2. The van der Waals surface area contributed by atoms with Crippen molar-refractivity contribution >= 4 is 0 Å². The minimum Gasteiger partial charge on any atom is -0.497 e. The van der Waals surface area contributed by atoms with E-state index in [1.165, 1.54) is 11.1 Å². The zero-order chi connectivity index (χ0) is 14.0. The van der Waals surface area contributed by atoms with Gasteiger partial charge in [0.05, 0.1) is 14.2 Å². The molecule has 1 aromatic carbocycles. The number of benzene rings is 1. The third kappa shape index (κ3) is 2.69. The van der Waals surface area contributed by atoms with E-state index in [0.29, 0.717) is 12.0 Å². The Bertz CT molecular complexity index is 442. The molecule has 1 aliphatic heterocycles. The van der Waals surface area contributed by atoms with Crippen molar-refractivity contribution in [3.63, 3.8) is 0 Å². The van der Waals surface area contributed by atoms with Crippen LogP contribution in [0.2, 0.25) is 0 Å². The Morgan fingerprint density at radius 3 is 2.32 bits per heavy atom. The summed E-state index contributed by atoms with van der Waals surface area (Å²) in [4.78, 5) is 2.28. The van der Waals surface area contributed by atoms with Gasteiger partial charge >= 0.3 is 0 Å². The quantitative estimate of drug-likeness (QED) is 0.880. The number of methoxy groups -OCH3 is 2. The maximum atomic E-state index is 5.59. The van der Waals surface area contributed by atoms with Crippen LogP contribution in [0.15, 0.2) is 12.1 Å². The molecule has 19 heavy (non-hydrogen) atoms. The van der Waals surface area contributed by atoms with Gasteiger partial charge in [0, 0.05) is 36.7 Å². The van der Waals surface area contributed by atoms with E-state index in [2.05, 4.69) is 37.3 Å². The number of nitrogens with one attached hydrogen (secondary N) is 1. The van der Waals surface area contributed by atoms with Gasteiger partial charge in [-0.15, -0.1) is 0 Å². The first-order valence-corrected chi connectivity index (χ1v) is 6.68. The minimum absolute atomic E-state index is 0.377. The molecule has 4 nitrogen and oxygen atoms in total. The maximum absolute atomic E-state index is 5.59. The van der Waals surface area contributed by atoms with Crippen molar-refractivity contribution in [2.45, 2.75) is 13.0 Å². The molecular weight excluding hydrogens is 240 g/mol. The number of rotatable bonds is 5. The van der Waals surface area contributed by atoms with Crippen molar-refractivity contribution in [2.75, 3.05) is 41.4 Å². The number of ether oxygens (including phenoxy) is 2. The van der Waals surface area contributed by atoms with Crippen molar-refractivity contribution in [2.24, 2.45) is 5.92 Å².